The molecular formula is C11H13N5S. The van der Waals surface area contributed by atoms with Crippen LogP contribution in [-0.4, -0.2) is 31.0 Å². The molecule has 88 valence electrons. The molecule has 3 rings (SSSR count). The Morgan fingerprint density at radius 2 is 2.24 bits per heavy atom. The van der Waals surface area contributed by atoms with Crippen LogP contribution in [0, 0.1) is 0 Å². The summed E-state index contributed by atoms with van der Waals surface area (Å²) in [6.45, 7) is 0. The predicted molar refractivity (Wildman–Crippen MR) is 69.8 cm³/mol. The highest BCUT2D eigenvalue weighted by Gasteiger charge is 2.21. The second kappa shape index (κ2) is 4.03. The molecule has 2 atom stereocenters. The van der Waals surface area contributed by atoms with Crippen LogP contribution in [-0.2, 0) is 0 Å². The maximum absolute atomic E-state index is 5.77. The fraction of sp³-hybridized carbons (Fsp3) is 0.364. The van der Waals surface area contributed by atoms with Gasteiger partial charge in [0.2, 0.25) is 0 Å². The fourth-order valence-electron chi connectivity index (χ4n) is 2.14. The second-order valence-electron chi connectivity index (χ2n) is 4.05. The second-order valence-corrected chi connectivity index (χ2v) is 5.12. The Hall–Kier alpha value is -1.56. The summed E-state index contributed by atoms with van der Waals surface area (Å²) < 4.78 is 2.07. The molecule has 0 aromatic carbocycles. The van der Waals surface area contributed by atoms with E-state index in [-0.39, 0.29) is 0 Å². The Kier molecular flexibility index (Phi) is 2.51. The van der Waals surface area contributed by atoms with Gasteiger partial charge in [0.05, 0.1) is 12.4 Å². The van der Waals surface area contributed by atoms with E-state index >= 15 is 0 Å². The molecule has 0 amide bonds. The van der Waals surface area contributed by atoms with E-state index in [1.807, 2.05) is 11.8 Å². The first-order valence-electron chi connectivity index (χ1n) is 5.43. The Morgan fingerprint density at radius 1 is 1.35 bits per heavy atom. The molecule has 2 N–H and O–H groups in total. The third-order valence-corrected chi connectivity index (χ3v) is 4.02. The maximum atomic E-state index is 5.77. The number of thioether (sulfide) groups is 1. The van der Waals surface area contributed by atoms with Gasteiger partial charge in [-0.3, -0.25) is 0 Å². The summed E-state index contributed by atoms with van der Waals surface area (Å²) in [5, 5.41) is 0.580. The van der Waals surface area contributed by atoms with Crippen molar-refractivity contribution in [3.05, 3.63) is 24.8 Å². The molecule has 0 saturated heterocycles. The van der Waals surface area contributed by atoms with Gasteiger partial charge in [0.15, 0.2) is 11.5 Å². The molecule has 0 fully saturated rings. The van der Waals surface area contributed by atoms with Gasteiger partial charge in [0.25, 0.3) is 0 Å². The van der Waals surface area contributed by atoms with Crippen LogP contribution < -0.4 is 5.73 Å². The smallest absolute Gasteiger partial charge is 0.165 e. The first-order valence-corrected chi connectivity index (χ1v) is 6.72. The van der Waals surface area contributed by atoms with Crippen molar-refractivity contribution in [1.29, 1.82) is 0 Å². The first-order chi connectivity index (χ1) is 8.29. The molecule has 17 heavy (non-hydrogen) atoms. The van der Waals surface area contributed by atoms with Crippen LogP contribution >= 0.6 is 11.8 Å². The van der Waals surface area contributed by atoms with E-state index in [9.17, 15) is 0 Å². The van der Waals surface area contributed by atoms with Crippen LogP contribution in [0.1, 0.15) is 12.5 Å². The van der Waals surface area contributed by atoms with E-state index < -0.39 is 0 Å². The average Bonchev–Trinajstić information content (AvgIpc) is 2.94. The lowest BCUT2D eigenvalue weighted by molar-refractivity contribution is 0.606. The molecule has 2 unspecified atom stereocenters. The Labute approximate surface area is 103 Å². The zero-order chi connectivity index (χ0) is 11.8. The zero-order valence-electron chi connectivity index (χ0n) is 9.45. The van der Waals surface area contributed by atoms with Crippen molar-refractivity contribution < 1.29 is 0 Å². The van der Waals surface area contributed by atoms with Crippen LogP contribution in [0.15, 0.2) is 24.8 Å². The van der Waals surface area contributed by atoms with Crippen molar-refractivity contribution in [2.24, 2.45) is 0 Å². The minimum absolute atomic E-state index is 0.326. The number of hydrogen-bond donors (Lipinski definition) is 1. The molecule has 0 aliphatic heterocycles. The minimum atomic E-state index is 0.326. The number of nitrogen functional groups attached to an aromatic ring is 1. The highest BCUT2D eigenvalue weighted by molar-refractivity contribution is 7.99. The number of nitrogens with zero attached hydrogens (tertiary/aromatic N) is 4. The molecule has 2 aromatic rings. The zero-order valence-corrected chi connectivity index (χ0v) is 10.3. The number of imidazole rings is 1. The molecule has 5 nitrogen and oxygen atoms in total. The van der Waals surface area contributed by atoms with Crippen molar-refractivity contribution in [3.63, 3.8) is 0 Å². The highest BCUT2D eigenvalue weighted by atomic mass is 32.2. The monoisotopic (exact) mass is 247 g/mol. The van der Waals surface area contributed by atoms with E-state index in [0.29, 0.717) is 22.6 Å². The Bertz CT molecular complexity index is 576. The average molecular weight is 247 g/mol. The Balaban J connectivity index is 2.02. The summed E-state index contributed by atoms with van der Waals surface area (Å²) in [5.41, 5.74) is 7.27. The van der Waals surface area contributed by atoms with Crippen LogP contribution in [0.3, 0.4) is 0 Å². The summed E-state index contributed by atoms with van der Waals surface area (Å²) in [5.74, 6) is 0.442. The molecule has 0 spiro atoms. The van der Waals surface area contributed by atoms with Crippen LogP contribution in [0.2, 0.25) is 0 Å². The molecule has 1 aliphatic rings. The van der Waals surface area contributed by atoms with Crippen molar-refractivity contribution in [2.45, 2.75) is 17.7 Å². The number of allylic oxidation sites excluding steroid dienone is 1. The van der Waals surface area contributed by atoms with Crippen LogP contribution in [0.4, 0.5) is 5.82 Å². The number of aromatic nitrogens is 4. The largest absolute Gasteiger partial charge is 0.382 e. The first kappa shape index (κ1) is 10.6. The Morgan fingerprint density at radius 3 is 3.00 bits per heavy atom. The van der Waals surface area contributed by atoms with Gasteiger partial charge in [0, 0.05) is 5.25 Å². The number of anilines is 1. The topological polar surface area (TPSA) is 69.6 Å². The number of fused-ring (bicyclic) bond motifs is 1. The van der Waals surface area contributed by atoms with E-state index in [1.54, 1.807) is 6.33 Å². The molecular weight excluding hydrogens is 234 g/mol. The van der Waals surface area contributed by atoms with Gasteiger partial charge in [-0.2, -0.15) is 11.8 Å². The third kappa shape index (κ3) is 1.68. The summed E-state index contributed by atoms with van der Waals surface area (Å²) in [7, 11) is 0. The summed E-state index contributed by atoms with van der Waals surface area (Å²) in [6, 6.07) is 0.326. The van der Waals surface area contributed by atoms with E-state index in [1.165, 1.54) is 6.33 Å². The number of hydrogen-bond acceptors (Lipinski definition) is 5. The van der Waals surface area contributed by atoms with Crippen molar-refractivity contribution in [1.82, 2.24) is 19.5 Å². The molecule has 2 heterocycles. The SMILES string of the molecule is CSC1C=CC(n2cnc3c(N)ncnc32)C1. The van der Waals surface area contributed by atoms with Crippen molar-refractivity contribution in [2.75, 3.05) is 12.0 Å². The highest BCUT2D eigenvalue weighted by Crippen LogP contribution is 2.31. The van der Waals surface area contributed by atoms with Crippen molar-refractivity contribution >= 4 is 28.7 Å². The molecule has 0 saturated carbocycles. The van der Waals surface area contributed by atoms with Crippen LogP contribution in [0.25, 0.3) is 11.2 Å². The third-order valence-electron chi connectivity index (χ3n) is 3.07. The lowest BCUT2D eigenvalue weighted by Gasteiger charge is -2.12. The van der Waals surface area contributed by atoms with E-state index in [4.69, 9.17) is 5.73 Å². The number of nitrogens with two attached hydrogens (primary N) is 1. The van der Waals surface area contributed by atoms with Gasteiger partial charge < -0.3 is 10.3 Å². The van der Waals surface area contributed by atoms with Gasteiger partial charge in [-0.1, -0.05) is 12.2 Å². The molecule has 6 heteroatoms. The minimum Gasteiger partial charge on any atom is -0.382 e. The normalized spacial score (nSPS) is 23.6. The van der Waals surface area contributed by atoms with E-state index in [2.05, 4.69) is 37.9 Å². The molecule has 1 aliphatic carbocycles. The summed E-state index contributed by atoms with van der Waals surface area (Å²) in [4.78, 5) is 12.5. The lowest BCUT2D eigenvalue weighted by atomic mass is 10.2. The molecule has 0 radical (unpaired) electrons. The summed E-state index contributed by atoms with van der Waals surface area (Å²) >= 11 is 1.86. The van der Waals surface area contributed by atoms with E-state index in [0.717, 1.165) is 12.1 Å². The maximum Gasteiger partial charge on any atom is 0.165 e. The summed E-state index contributed by atoms with van der Waals surface area (Å²) in [6.07, 6.45) is 10.9. The van der Waals surface area contributed by atoms with Gasteiger partial charge in [-0.15, -0.1) is 0 Å². The van der Waals surface area contributed by atoms with Crippen molar-refractivity contribution in [3.8, 4) is 0 Å². The van der Waals surface area contributed by atoms with Crippen LogP contribution in [0.5, 0.6) is 0 Å². The molecule has 2 aromatic heterocycles. The quantitative estimate of drug-likeness (QED) is 0.817. The van der Waals surface area contributed by atoms with Gasteiger partial charge in [0.1, 0.15) is 11.8 Å². The number of rotatable bonds is 2. The molecule has 0 bridgehead atoms. The fourth-order valence-corrected chi connectivity index (χ4v) is 2.78. The lowest BCUT2D eigenvalue weighted by Crippen LogP contribution is -2.06. The van der Waals surface area contributed by atoms with Gasteiger partial charge in [-0.25, -0.2) is 15.0 Å². The van der Waals surface area contributed by atoms with Gasteiger partial charge >= 0.3 is 0 Å². The standard InChI is InChI=1S/C11H13N5S/c1-17-8-3-2-7(4-8)16-6-15-9-10(12)13-5-14-11(9)16/h2-3,5-8H,4H2,1H3,(H2,12,13,14). The predicted octanol–water partition coefficient (Wildman–Crippen LogP) is 1.64. The van der Waals surface area contributed by atoms with Gasteiger partial charge in [-0.05, 0) is 12.7 Å².